The van der Waals surface area contributed by atoms with Crippen LogP contribution in [0.4, 0.5) is 11.4 Å². The van der Waals surface area contributed by atoms with Crippen molar-refractivity contribution in [1.29, 1.82) is 5.26 Å². The molecule has 0 aliphatic rings. The molecule has 2 N–H and O–H groups in total. The van der Waals surface area contributed by atoms with Gasteiger partial charge in [-0.25, -0.2) is 0 Å². The molecule has 0 spiro atoms. The maximum atomic E-state index is 12.6. The molecule has 0 aromatic heterocycles. The Labute approximate surface area is 157 Å². The molecule has 0 heterocycles. The van der Waals surface area contributed by atoms with Gasteiger partial charge in [0.05, 0.1) is 11.3 Å². The van der Waals surface area contributed by atoms with Crippen molar-refractivity contribution in [2.45, 2.75) is 6.92 Å². The molecule has 3 rings (SSSR count). The van der Waals surface area contributed by atoms with Crippen LogP contribution in [0.1, 0.15) is 31.8 Å². The van der Waals surface area contributed by atoms with Crippen molar-refractivity contribution in [3.05, 3.63) is 95.1 Å². The highest BCUT2D eigenvalue weighted by molar-refractivity contribution is 6.08. The van der Waals surface area contributed by atoms with Crippen LogP contribution < -0.4 is 10.6 Å². The Bertz CT molecular complexity index is 1040. The third-order valence-electron chi connectivity index (χ3n) is 4.08. The lowest BCUT2D eigenvalue weighted by molar-refractivity contribution is 0.101. The Hall–Kier alpha value is -3.91. The van der Waals surface area contributed by atoms with E-state index in [9.17, 15) is 9.59 Å². The van der Waals surface area contributed by atoms with Gasteiger partial charge in [-0.15, -0.1) is 0 Å². The van der Waals surface area contributed by atoms with Crippen molar-refractivity contribution in [1.82, 2.24) is 0 Å². The van der Waals surface area contributed by atoms with Gasteiger partial charge in [0.25, 0.3) is 11.8 Å². The predicted molar refractivity (Wildman–Crippen MR) is 105 cm³/mol. The number of anilines is 2. The standard InChI is InChI=1S/C22H17N3O2/c1-15-11-12-17(22(27)24-19-10-6-5-9-18(19)14-23)13-20(15)25-21(26)16-7-3-2-4-8-16/h2-13H,1H3,(H,24,27)(H,25,26). The SMILES string of the molecule is Cc1ccc(C(=O)Nc2ccccc2C#N)cc1NC(=O)c1ccccc1. The lowest BCUT2D eigenvalue weighted by Crippen LogP contribution is -2.16. The van der Waals surface area contributed by atoms with Gasteiger partial charge in [-0.2, -0.15) is 5.26 Å². The predicted octanol–water partition coefficient (Wildman–Crippen LogP) is 4.37. The average molecular weight is 355 g/mol. The summed E-state index contributed by atoms with van der Waals surface area (Å²) in [4.78, 5) is 24.9. The molecule has 0 saturated heterocycles. The van der Waals surface area contributed by atoms with Crippen molar-refractivity contribution in [3.63, 3.8) is 0 Å². The van der Waals surface area contributed by atoms with Gasteiger partial charge in [-0.3, -0.25) is 9.59 Å². The molecule has 0 bridgehead atoms. The first-order chi connectivity index (χ1) is 13.1. The van der Waals surface area contributed by atoms with Gasteiger partial charge in [-0.1, -0.05) is 36.4 Å². The minimum atomic E-state index is -0.354. The molecule has 5 heteroatoms. The van der Waals surface area contributed by atoms with E-state index in [0.717, 1.165) is 5.56 Å². The normalized spacial score (nSPS) is 9.93. The van der Waals surface area contributed by atoms with E-state index in [-0.39, 0.29) is 11.8 Å². The summed E-state index contributed by atoms with van der Waals surface area (Å²) in [6.45, 7) is 1.85. The first-order valence-corrected chi connectivity index (χ1v) is 8.36. The molecule has 0 saturated carbocycles. The van der Waals surface area contributed by atoms with Crippen LogP contribution in [0.5, 0.6) is 0 Å². The van der Waals surface area contributed by atoms with E-state index in [0.29, 0.717) is 28.1 Å². The monoisotopic (exact) mass is 355 g/mol. The molecule has 5 nitrogen and oxygen atoms in total. The van der Waals surface area contributed by atoms with E-state index in [1.54, 1.807) is 66.7 Å². The van der Waals surface area contributed by atoms with Gasteiger partial charge in [-0.05, 0) is 48.9 Å². The van der Waals surface area contributed by atoms with Crippen LogP contribution in [0.2, 0.25) is 0 Å². The van der Waals surface area contributed by atoms with Crippen molar-refractivity contribution in [2.24, 2.45) is 0 Å². The Morgan fingerprint density at radius 2 is 1.41 bits per heavy atom. The third kappa shape index (κ3) is 4.20. The smallest absolute Gasteiger partial charge is 0.255 e. The number of aryl methyl sites for hydroxylation is 1. The third-order valence-corrected chi connectivity index (χ3v) is 4.08. The van der Waals surface area contributed by atoms with Crippen LogP contribution in [0, 0.1) is 18.3 Å². The van der Waals surface area contributed by atoms with Crippen LogP contribution in [0.15, 0.2) is 72.8 Å². The highest BCUT2D eigenvalue weighted by Gasteiger charge is 2.13. The summed E-state index contributed by atoms with van der Waals surface area (Å²) >= 11 is 0. The minimum absolute atomic E-state index is 0.244. The van der Waals surface area contributed by atoms with E-state index in [1.807, 2.05) is 19.1 Å². The first-order valence-electron chi connectivity index (χ1n) is 8.36. The number of hydrogen-bond acceptors (Lipinski definition) is 3. The zero-order valence-electron chi connectivity index (χ0n) is 14.7. The summed E-state index contributed by atoms with van der Waals surface area (Å²) in [6, 6.07) is 22.8. The molecule has 0 unspecified atom stereocenters. The Balaban J connectivity index is 1.81. The van der Waals surface area contributed by atoms with E-state index in [1.165, 1.54) is 0 Å². The maximum Gasteiger partial charge on any atom is 0.255 e. The second-order valence-electron chi connectivity index (χ2n) is 5.96. The summed E-state index contributed by atoms with van der Waals surface area (Å²) in [5.74, 6) is -0.598. The molecule has 0 radical (unpaired) electrons. The summed E-state index contributed by atoms with van der Waals surface area (Å²) in [5.41, 5.74) is 3.15. The first kappa shape index (κ1) is 17.9. The number of rotatable bonds is 4. The number of nitrogens with zero attached hydrogens (tertiary/aromatic N) is 1. The molecular weight excluding hydrogens is 338 g/mol. The highest BCUT2D eigenvalue weighted by Crippen LogP contribution is 2.20. The molecule has 3 aromatic carbocycles. The molecule has 3 aromatic rings. The number of nitriles is 1. The molecule has 2 amide bonds. The van der Waals surface area contributed by atoms with Crippen molar-refractivity contribution in [3.8, 4) is 6.07 Å². The number of benzene rings is 3. The van der Waals surface area contributed by atoms with Crippen LogP contribution in [0.25, 0.3) is 0 Å². The second-order valence-corrected chi connectivity index (χ2v) is 5.96. The summed E-state index contributed by atoms with van der Waals surface area (Å²) in [6.07, 6.45) is 0. The average Bonchev–Trinajstić information content (AvgIpc) is 2.70. The fourth-order valence-electron chi connectivity index (χ4n) is 2.57. The zero-order chi connectivity index (χ0) is 19.2. The molecule has 0 aliphatic heterocycles. The molecule has 0 atom stereocenters. The van der Waals surface area contributed by atoms with Gasteiger partial charge in [0.15, 0.2) is 0 Å². The lowest BCUT2D eigenvalue weighted by atomic mass is 10.1. The van der Waals surface area contributed by atoms with Crippen LogP contribution in [0.3, 0.4) is 0 Å². The molecule has 132 valence electrons. The number of carbonyl (C=O) groups is 2. The number of para-hydroxylation sites is 1. The van der Waals surface area contributed by atoms with E-state index in [4.69, 9.17) is 5.26 Å². The second kappa shape index (κ2) is 7.98. The van der Waals surface area contributed by atoms with Crippen molar-refractivity contribution in [2.75, 3.05) is 10.6 Å². The van der Waals surface area contributed by atoms with Gasteiger partial charge in [0, 0.05) is 16.8 Å². The largest absolute Gasteiger partial charge is 0.322 e. The summed E-state index contributed by atoms with van der Waals surface area (Å²) < 4.78 is 0. The molecule has 0 aliphatic carbocycles. The molecular formula is C22H17N3O2. The fourth-order valence-corrected chi connectivity index (χ4v) is 2.57. The fraction of sp³-hybridized carbons (Fsp3) is 0.0455. The molecule has 27 heavy (non-hydrogen) atoms. The minimum Gasteiger partial charge on any atom is -0.322 e. The number of hydrogen-bond donors (Lipinski definition) is 2. The maximum absolute atomic E-state index is 12.6. The number of nitrogens with one attached hydrogen (secondary N) is 2. The van der Waals surface area contributed by atoms with Crippen molar-refractivity contribution >= 4 is 23.2 Å². The Morgan fingerprint density at radius 1 is 0.778 bits per heavy atom. The van der Waals surface area contributed by atoms with Crippen LogP contribution in [-0.4, -0.2) is 11.8 Å². The van der Waals surface area contributed by atoms with Gasteiger partial charge >= 0.3 is 0 Å². The van der Waals surface area contributed by atoms with Crippen LogP contribution >= 0.6 is 0 Å². The highest BCUT2D eigenvalue weighted by atomic mass is 16.2. The van der Waals surface area contributed by atoms with E-state index < -0.39 is 0 Å². The number of carbonyl (C=O) groups excluding carboxylic acids is 2. The topological polar surface area (TPSA) is 82.0 Å². The number of amides is 2. The van der Waals surface area contributed by atoms with Crippen LogP contribution in [-0.2, 0) is 0 Å². The Morgan fingerprint density at radius 3 is 2.15 bits per heavy atom. The van der Waals surface area contributed by atoms with Gasteiger partial charge in [0.1, 0.15) is 6.07 Å². The summed E-state index contributed by atoms with van der Waals surface area (Å²) in [5, 5.41) is 14.7. The Kier molecular flexibility index (Phi) is 5.29. The lowest BCUT2D eigenvalue weighted by Gasteiger charge is -2.12. The quantitative estimate of drug-likeness (QED) is 0.729. The summed E-state index contributed by atoms with van der Waals surface area (Å²) in [7, 11) is 0. The van der Waals surface area contributed by atoms with Gasteiger partial charge < -0.3 is 10.6 Å². The van der Waals surface area contributed by atoms with E-state index >= 15 is 0 Å². The van der Waals surface area contributed by atoms with Crippen molar-refractivity contribution < 1.29 is 9.59 Å². The molecule has 0 fully saturated rings. The van der Waals surface area contributed by atoms with E-state index in [2.05, 4.69) is 10.6 Å². The van der Waals surface area contributed by atoms with Gasteiger partial charge in [0.2, 0.25) is 0 Å². The zero-order valence-corrected chi connectivity index (χ0v) is 14.7.